The third-order valence-corrected chi connectivity index (χ3v) is 3.94. The predicted octanol–water partition coefficient (Wildman–Crippen LogP) is 6.27. The lowest BCUT2D eigenvalue weighted by Gasteiger charge is -2.23. The van der Waals surface area contributed by atoms with Crippen molar-refractivity contribution in [2.45, 2.75) is 39.4 Å². The van der Waals surface area contributed by atoms with Crippen molar-refractivity contribution < 1.29 is 27.0 Å². The smallest absolute Gasteiger partial charge is 0.387 e. The molecule has 0 spiro atoms. The number of benzene rings is 2. The van der Waals surface area contributed by atoms with Gasteiger partial charge in [0.15, 0.2) is 0 Å². The molecule has 0 saturated carbocycles. The Hall–Kier alpha value is -2.50. The Morgan fingerprint density at radius 1 is 0.808 bits per heavy atom. The monoisotopic (exact) mass is 368 g/mol. The maximum Gasteiger partial charge on any atom is 0.387 e. The highest BCUT2D eigenvalue weighted by Crippen LogP contribution is 2.31. The first-order chi connectivity index (χ1) is 12.2. The quantitative estimate of drug-likeness (QED) is 0.536. The Kier molecular flexibility index (Phi) is 6.29. The van der Waals surface area contributed by atoms with Gasteiger partial charge in [-0.05, 0) is 47.9 Å². The van der Waals surface area contributed by atoms with E-state index >= 15 is 0 Å². The fraction of sp³-hybridized carbons (Fsp3) is 0.300. The molecule has 0 N–H and O–H groups in total. The van der Waals surface area contributed by atoms with Crippen LogP contribution in [0.3, 0.4) is 0 Å². The summed E-state index contributed by atoms with van der Waals surface area (Å²) < 4.78 is 57.6. The summed E-state index contributed by atoms with van der Waals surface area (Å²) in [4.78, 5) is 0. The molecule has 0 heterocycles. The lowest BCUT2D eigenvalue weighted by Crippen LogP contribution is -2.14. The molecule has 26 heavy (non-hydrogen) atoms. The number of allylic oxidation sites excluding steroid dienone is 2. The van der Waals surface area contributed by atoms with E-state index in [0.717, 1.165) is 16.7 Å². The molecule has 0 aliphatic heterocycles. The van der Waals surface area contributed by atoms with Crippen LogP contribution < -0.4 is 9.47 Å². The van der Waals surface area contributed by atoms with Crippen LogP contribution in [0.5, 0.6) is 11.5 Å². The predicted molar refractivity (Wildman–Crippen MR) is 92.8 cm³/mol. The molecule has 2 nitrogen and oxygen atoms in total. The molecule has 0 saturated heterocycles. The summed E-state index contributed by atoms with van der Waals surface area (Å²) >= 11 is 0. The Morgan fingerprint density at radius 3 is 1.65 bits per heavy atom. The van der Waals surface area contributed by atoms with Gasteiger partial charge in [-0.25, -0.2) is 0 Å². The highest BCUT2D eigenvalue weighted by atomic mass is 19.3. The van der Waals surface area contributed by atoms with Crippen LogP contribution in [-0.4, -0.2) is 13.2 Å². The minimum absolute atomic E-state index is 0.102. The van der Waals surface area contributed by atoms with Crippen LogP contribution >= 0.6 is 0 Å². The summed E-state index contributed by atoms with van der Waals surface area (Å²) in [5.74, 6) is 0.209. The van der Waals surface area contributed by atoms with E-state index in [1.165, 1.54) is 24.3 Å². The Morgan fingerprint density at radius 2 is 1.23 bits per heavy atom. The second-order valence-electron chi connectivity index (χ2n) is 6.35. The SMILES string of the molecule is C/C(=C/C(C)(C)c1ccc(OC(F)F)cc1)c1ccc(OC(F)F)cc1. The number of alkyl halides is 4. The average molecular weight is 368 g/mol. The first-order valence-corrected chi connectivity index (χ1v) is 7.97. The molecule has 0 bridgehead atoms. The van der Waals surface area contributed by atoms with E-state index in [0.29, 0.717) is 0 Å². The molecular weight excluding hydrogens is 348 g/mol. The molecule has 0 aliphatic carbocycles. The lowest BCUT2D eigenvalue weighted by molar-refractivity contribution is -0.0505. The molecule has 2 aromatic carbocycles. The lowest BCUT2D eigenvalue weighted by atomic mass is 9.82. The van der Waals surface area contributed by atoms with Gasteiger partial charge in [0.05, 0.1) is 0 Å². The number of hydrogen-bond donors (Lipinski definition) is 0. The minimum Gasteiger partial charge on any atom is -0.435 e. The largest absolute Gasteiger partial charge is 0.435 e. The van der Waals surface area contributed by atoms with E-state index < -0.39 is 13.2 Å². The third kappa shape index (κ3) is 5.51. The summed E-state index contributed by atoms with van der Waals surface area (Å²) in [5, 5.41) is 0. The van der Waals surface area contributed by atoms with Crippen LogP contribution in [0, 0.1) is 0 Å². The molecule has 0 aliphatic rings. The van der Waals surface area contributed by atoms with Gasteiger partial charge in [-0.3, -0.25) is 0 Å². The van der Waals surface area contributed by atoms with Gasteiger partial charge in [-0.1, -0.05) is 44.2 Å². The molecule has 0 amide bonds. The number of hydrogen-bond acceptors (Lipinski definition) is 2. The number of rotatable bonds is 7. The standard InChI is InChI=1S/C20H20F4O2/c1-13(14-4-8-16(9-5-14)25-18(21)22)12-20(2,3)15-6-10-17(11-7-15)26-19(23)24/h4-12,18-19H,1-3H3/b13-12-. The first kappa shape index (κ1) is 19.8. The summed E-state index contributed by atoms with van der Waals surface area (Å²) in [6.45, 7) is 0.196. The minimum atomic E-state index is -2.85. The Labute approximate surface area is 150 Å². The van der Waals surface area contributed by atoms with Crippen molar-refractivity contribution in [2.24, 2.45) is 0 Å². The molecule has 0 aromatic heterocycles. The highest BCUT2D eigenvalue weighted by Gasteiger charge is 2.19. The highest BCUT2D eigenvalue weighted by molar-refractivity contribution is 5.66. The summed E-state index contributed by atoms with van der Waals surface area (Å²) in [5.41, 5.74) is 2.38. The van der Waals surface area contributed by atoms with Crippen LogP contribution in [0.15, 0.2) is 54.6 Å². The van der Waals surface area contributed by atoms with Gasteiger partial charge in [0.25, 0.3) is 0 Å². The summed E-state index contributed by atoms with van der Waals surface area (Å²) in [6.07, 6.45) is 2.03. The Balaban J connectivity index is 2.17. The molecule has 0 radical (unpaired) electrons. The summed E-state index contributed by atoms with van der Waals surface area (Å²) in [6, 6.07) is 12.9. The van der Waals surface area contributed by atoms with Crippen molar-refractivity contribution in [2.75, 3.05) is 0 Å². The van der Waals surface area contributed by atoms with Gasteiger partial charge in [0.2, 0.25) is 0 Å². The van der Waals surface area contributed by atoms with Crippen molar-refractivity contribution >= 4 is 5.57 Å². The normalized spacial score (nSPS) is 12.6. The second-order valence-corrected chi connectivity index (χ2v) is 6.35. The topological polar surface area (TPSA) is 18.5 Å². The number of ether oxygens (including phenoxy) is 2. The molecule has 2 rings (SSSR count). The molecule has 0 fully saturated rings. The fourth-order valence-electron chi connectivity index (χ4n) is 2.67. The van der Waals surface area contributed by atoms with Crippen molar-refractivity contribution in [3.63, 3.8) is 0 Å². The molecule has 0 atom stereocenters. The van der Waals surface area contributed by atoms with Crippen molar-refractivity contribution in [3.8, 4) is 11.5 Å². The van der Waals surface area contributed by atoms with E-state index in [-0.39, 0.29) is 16.9 Å². The zero-order valence-corrected chi connectivity index (χ0v) is 14.7. The van der Waals surface area contributed by atoms with Crippen LogP contribution in [0.4, 0.5) is 17.6 Å². The molecular formula is C20H20F4O2. The molecule has 140 valence electrons. The first-order valence-electron chi connectivity index (χ1n) is 7.97. The van der Waals surface area contributed by atoms with Gasteiger partial charge in [-0.15, -0.1) is 0 Å². The zero-order chi connectivity index (χ0) is 19.3. The molecule has 6 heteroatoms. The average Bonchev–Trinajstić information content (AvgIpc) is 2.54. The van der Waals surface area contributed by atoms with E-state index in [9.17, 15) is 17.6 Å². The van der Waals surface area contributed by atoms with Gasteiger partial charge in [0, 0.05) is 5.41 Å². The van der Waals surface area contributed by atoms with Crippen LogP contribution in [0.1, 0.15) is 31.9 Å². The van der Waals surface area contributed by atoms with Gasteiger partial charge in [-0.2, -0.15) is 17.6 Å². The van der Waals surface area contributed by atoms with E-state index in [1.54, 1.807) is 24.3 Å². The molecule has 2 aromatic rings. The van der Waals surface area contributed by atoms with Gasteiger partial charge >= 0.3 is 13.2 Å². The zero-order valence-electron chi connectivity index (χ0n) is 14.7. The fourth-order valence-corrected chi connectivity index (χ4v) is 2.67. The van der Waals surface area contributed by atoms with Crippen LogP contribution in [-0.2, 0) is 5.41 Å². The van der Waals surface area contributed by atoms with Crippen LogP contribution in [0.2, 0.25) is 0 Å². The van der Waals surface area contributed by atoms with Crippen molar-refractivity contribution in [1.82, 2.24) is 0 Å². The van der Waals surface area contributed by atoms with E-state index in [4.69, 9.17) is 0 Å². The maximum atomic E-state index is 12.2. The number of halogens is 4. The van der Waals surface area contributed by atoms with Gasteiger partial charge < -0.3 is 9.47 Å². The second kappa shape index (κ2) is 8.25. The van der Waals surface area contributed by atoms with E-state index in [2.05, 4.69) is 9.47 Å². The van der Waals surface area contributed by atoms with Crippen molar-refractivity contribution in [3.05, 3.63) is 65.7 Å². The molecule has 0 unspecified atom stereocenters. The Bertz CT molecular complexity index is 735. The van der Waals surface area contributed by atoms with Gasteiger partial charge in [0.1, 0.15) is 11.5 Å². The van der Waals surface area contributed by atoms with Crippen LogP contribution in [0.25, 0.3) is 5.57 Å². The van der Waals surface area contributed by atoms with Crippen molar-refractivity contribution in [1.29, 1.82) is 0 Å². The third-order valence-electron chi connectivity index (χ3n) is 3.94. The van der Waals surface area contributed by atoms with E-state index in [1.807, 2.05) is 26.8 Å². The maximum absolute atomic E-state index is 12.2. The summed E-state index contributed by atoms with van der Waals surface area (Å²) in [7, 11) is 0.